The molecule has 0 unspecified atom stereocenters. The predicted molar refractivity (Wildman–Crippen MR) is 69.8 cm³/mol. The van der Waals surface area contributed by atoms with Crippen LogP contribution in [0.4, 0.5) is 11.4 Å². The van der Waals surface area contributed by atoms with Gasteiger partial charge in [-0.1, -0.05) is 15.9 Å². The molecular formula is C11H11BrN4O. The molecule has 1 amide bonds. The van der Waals surface area contributed by atoms with Crippen molar-refractivity contribution in [3.8, 4) is 0 Å². The van der Waals surface area contributed by atoms with Crippen LogP contribution in [0, 0.1) is 6.92 Å². The summed E-state index contributed by atoms with van der Waals surface area (Å²) in [6.45, 7) is 1.76. The van der Waals surface area contributed by atoms with Crippen molar-refractivity contribution in [3.63, 3.8) is 0 Å². The van der Waals surface area contributed by atoms with Gasteiger partial charge in [-0.25, -0.2) is 0 Å². The molecule has 0 fully saturated rings. The average molecular weight is 295 g/mol. The fourth-order valence-corrected chi connectivity index (χ4v) is 1.60. The molecule has 1 aromatic heterocycles. The van der Waals surface area contributed by atoms with E-state index in [2.05, 4.69) is 31.4 Å². The number of aromatic nitrogens is 2. The summed E-state index contributed by atoms with van der Waals surface area (Å²) in [5.74, 6) is -0.325. The van der Waals surface area contributed by atoms with Gasteiger partial charge in [0.15, 0.2) is 5.69 Å². The standard InChI is InChI=1S/C11H11BrN4O/c1-6-9(13)10(16-15-6)11(17)14-8-4-2-7(12)3-5-8/h2-5H,13H2,1H3,(H,14,17)(H,15,16). The molecule has 6 heteroatoms. The van der Waals surface area contributed by atoms with E-state index in [1.165, 1.54) is 0 Å². The highest BCUT2D eigenvalue weighted by Gasteiger charge is 2.15. The predicted octanol–water partition coefficient (Wildman–Crippen LogP) is 2.32. The van der Waals surface area contributed by atoms with E-state index in [0.717, 1.165) is 4.47 Å². The molecule has 5 nitrogen and oxygen atoms in total. The number of aromatic amines is 1. The van der Waals surface area contributed by atoms with Crippen molar-refractivity contribution in [2.75, 3.05) is 11.1 Å². The maximum Gasteiger partial charge on any atom is 0.278 e. The molecule has 0 aliphatic carbocycles. The quantitative estimate of drug-likeness (QED) is 0.795. The number of hydrogen-bond donors (Lipinski definition) is 3. The number of halogens is 1. The summed E-state index contributed by atoms with van der Waals surface area (Å²) in [7, 11) is 0. The summed E-state index contributed by atoms with van der Waals surface area (Å²) in [4.78, 5) is 11.8. The number of rotatable bonds is 2. The summed E-state index contributed by atoms with van der Waals surface area (Å²) in [5, 5.41) is 9.24. The minimum absolute atomic E-state index is 0.213. The first kappa shape index (κ1) is 11.7. The number of carbonyl (C=O) groups excluding carboxylic acids is 1. The van der Waals surface area contributed by atoms with E-state index in [1.54, 1.807) is 19.1 Å². The van der Waals surface area contributed by atoms with Gasteiger partial charge >= 0.3 is 0 Å². The van der Waals surface area contributed by atoms with E-state index in [9.17, 15) is 4.79 Å². The molecule has 2 rings (SSSR count). The van der Waals surface area contributed by atoms with Gasteiger partial charge in [-0.15, -0.1) is 0 Å². The summed E-state index contributed by atoms with van der Waals surface area (Å²) < 4.78 is 0.950. The fraction of sp³-hybridized carbons (Fsp3) is 0.0909. The molecule has 88 valence electrons. The van der Waals surface area contributed by atoms with E-state index >= 15 is 0 Å². The van der Waals surface area contributed by atoms with Crippen LogP contribution in [0.5, 0.6) is 0 Å². The Morgan fingerprint density at radius 2 is 2.06 bits per heavy atom. The summed E-state index contributed by atoms with van der Waals surface area (Å²) in [5.41, 5.74) is 7.69. The number of nitrogens with one attached hydrogen (secondary N) is 2. The first-order valence-corrected chi connectivity index (χ1v) is 5.74. The monoisotopic (exact) mass is 294 g/mol. The molecule has 1 heterocycles. The van der Waals surface area contributed by atoms with Crippen molar-refractivity contribution < 1.29 is 4.79 Å². The van der Waals surface area contributed by atoms with Gasteiger partial charge in [0.2, 0.25) is 0 Å². The van der Waals surface area contributed by atoms with E-state index in [4.69, 9.17) is 5.73 Å². The number of hydrogen-bond acceptors (Lipinski definition) is 3. The smallest absolute Gasteiger partial charge is 0.278 e. The molecule has 0 aliphatic heterocycles. The Hall–Kier alpha value is -1.82. The lowest BCUT2D eigenvalue weighted by Gasteiger charge is -2.03. The molecule has 1 aromatic carbocycles. The van der Waals surface area contributed by atoms with Gasteiger partial charge in [-0.3, -0.25) is 9.89 Å². The van der Waals surface area contributed by atoms with Crippen molar-refractivity contribution in [2.24, 2.45) is 0 Å². The summed E-state index contributed by atoms with van der Waals surface area (Å²) >= 11 is 3.32. The molecule has 4 N–H and O–H groups in total. The highest BCUT2D eigenvalue weighted by molar-refractivity contribution is 9.10. The van der Waals surface area contributed by atoms with Gasteiger partial charge in [-0.05, 0) is 31.2 Å². The third-order valence-corrected chi connectivity index (χ3v) is 2.84. The number of nitrogens with zero attached hydrogens (tertiary/aromatic N) is 1. The summed E-state index contributed by atoms with van der Waals surface area (Å²) in [6.07, 6.45) is 0. The van der Waals surface area contributed by atoms with Crippen LogP contribution in [-0.4, -0.2) is 16.1 Å². The second-order valence-electron chi connectivity index (χ2n) is 3.57. The zero-order valence-corrected chi connectivity index (χ0v) is 10.7. The molecule has 2 aromatic rings. The van der Waals surface area contributed by atoms with Crippen LogP contribution in [0.1, 0.15) is 16.2 Å². The number of carbonyl (C=O) groups is 1. The Morgan fingerprint density at radius 3 is 2.59 bits per heavy atom. The molecule has 0 radical (unpaired) electrons. The van der Waals surface area contributed by atoms with E-state index < -0.39 is 0 Å². The maximum atomic E-state index is 11.8. The van der Waals surface area contributed by atoms with Crippen LogP contribution in [0.2, 0.25) is 0 Å². The molecule has 0 spiro atoms. The van der Waals surface area contributed by atoms with Crippen molar-refractivity contribution in [1.82, 2.24) is 10.2 Å². The number of benzene rings is 1. The minimum atomic E-state index is -0.325. The number of amides is 1. The van der Waals surface area contributed by atoms with Crippen LogP contribution in [0.3, 0.4) is 0 Å². The fourth-order valence-electron chi connectivity index (χ4n) is 1.33. The number of anilines is 2. The van der Waals surface area contributed by atoms with Crippen molar-refractivity contribution in [3.05, 3.63) is 40.1 Å². The SMILES string of the molecule is Cc1[nH]nc(C(=O)Nc2ccc(Br)cc2)c1N. The Labute approximate surface area is 107 Å². The molecule has 0 atom stereocenters. The third kappa shape index (κ3) is 2.47. The molecule has 0 saturated carbocycles. The normalized spacial score (nSPS) is 10.2. The zero-order valence-electron chi connectivity index (χ0n) is 9.12. The van der Waals surface area contributed by atoms with Crippen LogP contribution in [0.15, 0.2) is 28.7 Å². The van der Waals surface area contributed by atoms with Gasteiger partial charge in [0.05, 0.1) is 11.4 Å². The van der Waals surface area contributed by atoms with Crippen LogP contribution >= 0.6 is 15.9 Å². The Morgan fingerprint density at radius 1 is 1.41 bits per heavy atom. The second-order valence-corrected chi connectivity index (χ2v) is 4.49. The number of nitrogen functional groups attached to an aromatic ring is 1. The van der Waals surface area contributed by atoms with E-state index in [1.807, 2.05) is 12.1 Å². The van der Waals surface area contributed by atoms with Crippen molar-refractivity contribution in [2.45, 2.75) is 6.92 Å². The van der Waals surface area contributed by atoms with Crippen LogP contribution in [0.25, 0.3) is 0 Å². The van der Waals surface area contributed by atoms with Gasteiger partial charge in [0.25, 0.3) is 5.91 Å². The highest BCUT2D eigenvalue weighted by Crippen LogP contribution is 2.17. The first-order chi connectivity index (χ1) is 8.08. The van der Waals surface area contributed by atoms with Crippen molar-refractivity contribution in [1.29, 1.82) is 0 Å². The second kappa shape index (κ2) is 4.58. The lowest BCUT2D eigenvalue weighted by atomic mass is 10.2. The van der Waals surface area contributed by atoms with Crippen molar-refractivity contribution >= 4 is 33.2 Å². The van der Waals surface area contributed by atoms with Crippen LogP contribution in [-0.2, 0) is 0 Å². The van der Waals surface area contributed by atoms with Gasteiger partial charge in [-0.2, -0.15) is 5.10 Å². The topological polar surface area (TPSA) is 83.8 Å². The molecule has 0 bridgehead atoms. The first-order valence-electron chi connectivity index (χ1n) is 4.95. The number of H-pyrrole nitrogens is 1. The lowest BCUT2D eigenvalue weighted by molar-refractivity contribution is 0.102. The van der Waals surface area contributed by atoms with E-state index in [0.29, 0.717) is 17.1 Å². The molecular weight excluding hydrogens is 284 g/mol. The average Bonchev–Trinajstić information content (AvgIpc) is 2.63. The van der Waals surface area contributed by atoms with Gasteiger partial charge in [0, 0.05) is 10.2 Å². The Bertz CT molecular complexity index is 547. The molecule has 0 aliphatic rings. The molecule has 0 saturated heterocycles. The van der Waals surface area contributed by atoms with Gasteiger partial charge < -0.3 is 11.1 Å². The third-order valence-electron chi connectivity index (χ3n) is 2.31. The zero-order chi connectivity index (χ0) is 12.4. The van der Waals surface area contributed by atoms with Crippen LogP contribution < -0.4 is 11.1 Å². The highest BCUT2D eigenvalue weighted by atomic mass is 79.9. The largest absolute Gasteiger partial charge is 0.395 e. The lowest BCUT2D eigenvalue weighted by Crippen LogP contribution is -2.14. The minimum Gasteiger partial charge on any atom is -0.395 e. The summed E-state index contributed by atoms with van der Waals surface area (Å²) in [6, 6.07) is 7.26. The number of nitrogens with two attached hydrogens (primary N) is 1. The Kier molecular flexibility index (Phi) is 3.14. The van der Waals surface area contributed by atoms with Gasteiger partial charge in [0.1, 0.15) is 0 Å². The van der Waals surface area contributed by atoms with E-state index in [-0.39, 0.29) is 11.6 Å². The Balaban J connectivity index is 2.17. The molecule has 17 heavy (non-hydrogen) atoms. The number of aryl methyl sites for hydroxylation is 1. The maximum absolute atomic E-state index is 11.8.